The van der Waals surface area contributed by atoms with Gasteiger partial charge in [-0.2, -0.15) is 5.26 Å². The smallest absolute Gasteiger partial charge is 0.356 e. The maximum absolute atomic E-state index is 12.7. The van der Waals surface area contributed by atoms with Gasteiger partial charge in [0.1, 0.15) is 24.0 Å². The maximum atomic E-state index is 12.7. The number of nitrogens with zero attached hydrogens (tertiary/aromatic N) is 1. The van der Waals surface area contributed by atoms with Gasteiger partial charge in [-0.15, -0.1) is 0 Å². The summed E-state index contributed by atoms with van der Waals surface area (Å²) in [6.07, 6.45) is 1.97. The fourth-order valence-corrected chi connectivity index (χ4v) is 3.27. The quantitative estimate of drug-likeness (QED) is 0.227. The summed E-state index contributed by atoms with van der Waals surface area (Å²) in [5, 5.41) is 12.1. The second-order valence-electron chi connectivity index (χ2n) is 7.36. The summed E-state index contributed by atoms with van der Waals surface area (Å²) in [5.41, 5.74) is 0.416. The van der Waals surface area contributed by atoms with Crippen molar-refractivity contribution in [3.63, 3.8) is 0 Å². The van der Waals surface area contributed by atoms with Crippen LogP contribution >= 0.6 is 0 Å². The number of nitriles is 1. The van der Waals surface area contributed by atoms with Crippen molar-refractivity contribution >= 4 is 18.0 Å². The molecule has 0 aliphatic carbocycles. The zero-order valence-corrected chi connectivity index (χ0v) is 18.9. The Morgan fingerprint density at radius 3 is 2.71 bits per heavy atom. The third kappa shape index (κ3) is 5.81. The number of carbonyl (C=O) groups is 2. The van der Waals surface area contributed by atoms with Crippen LogP contribution in [0.2, 0.25) is 0 Å². The first-order valence-electron chi connectivity index (χ1n) is 10.9. The third-order valence-corrected chi connectivity index (χ3v) is 4.93. The van der Waals surface area contributed by atoms with Crippen LogP contribution in [0, 0.1) is 11.3 Å². The minimum Gasteiger partial charge on any atom is -0.490 e. The molecule has 1 aromatic heterocycles. The average molecular weight is 474 g/mol. The van der Waals surface area contributed by atoms with E-state index >= 15 is 0 Å². The highest BCUT2D eigenvalue weighted by molar-refractivity contribution is 6.01. The Balaban J connectivity index is 1.46. The molecule has 3 aromatic rings. The van der Waals surface area contributed by atoms with E-state index in [2.05, 4.69) is 5.32 Å². The van der Waals surface area contributed by atoms with Gasteiger partial charge in [0.05, 0.1) is 19.4 Å². The van der Waals surface area contributed by atoms with E-state index in [1.54, 1.807) is 49.4 Å². The standard InChI is InChI=1S/C26H22N2O7/c1-2-31-23-13-17(12-18(14-27)25(29)28-15-19-6-5-11-32-19)9-10-22(23)35-26(30)24-16-33-20-7-3-4-8-21(20)34-24/h3-13,24H,2,15-16H2,1H3,(H,28,29)/b18-12+. The lowest BCUT2D eigenvalue weighted by atomic mass is 10.1. The lowest BCUT2D eigenvalue weighted by Crippen LogP contribution is -2.39. The molecule has 0 saturated heterocycles. The molecule has 1 amide bonds. The van der Waals surface area contributed by atoms with Gasteiger partial charge in [0.15, 0.2) is 23.0 Å². The SMILES string of the molecule is CCOc1cc(/C=C(\C#N)C(=O)NCc2ccco2)ccc1OC(=O)C1COc2ccccc2O1. The van der Waals surface area contributed by atoms with Crippen LogP contribution in [-0.2, 0) is 16.1 Å². The van der Waals surface area contributed by atoms with Crippen LogP contribution in [0.4, 0.5) is 0 Å². The molecule has 1 unspecified atom stereocenters. The van der Waals surface area contributed by atoms with Crippen LogP contribution in [0.25, 0.3) is 6.08 Å². The van der Waals surface area contributed by atoms with Gasteiger partial charge >= 0.3 is 5.97 Å². The highest BCUT2D eigenvalue weighted by Gasteiger charge is 2.29. The van der Waals surface area contributed by atoms with E-state index in [0.29, 0.717) is 29.4 Å². The molecule has 1 N–H and O–H groups in total. The Labute approximate surface area is 201 Å². The number of ether oxygens (including phenoxy) is 4. The summed E-state index contributed by atoms with van der Waals surface area (Å²) in [6.45, 7) is 2.26. The number of benzene rings is 2. The Bertz CT molecular complexity index is 1280. The van der Waals surface area contributed by atoms with Crippen molar-refractivity contribution in [1.82, 2.24) is 5.32 Å². The number of esters is 1. The van der Waals surface area contributed by atoms with Gasteiger partial charge in [0.25, 0.3) is 5.91 Å². The molecule has 9 nitrogen and oxygen atoms in total. The van der Waals surface area contributed by atoms with Crippen LogP contribution in [0.3, 0.4) is 0 Å². The van der Waals surface area contributed by atoms with Gasteiger partial charge in [0, 0.05) is 0 Å². The van der Waals surface area contributed by atoms with Crippen LogP contribution in [-0.4, -0.2) is 31.2 Å². The zero-order valence-electron chi connectivity index (χ0n) is 18.9. The summed E-state index contributed by atoms with van der Waals surface area (Å²) >= 11 is 0. The average Bonchev–Trinajstić information content (AvgIpc) is 3.41. The number of hydrogen-bond acceptors (Lipinski definition) is 8. The summed E-state index contributed by atoms with van der Waals surface area (Å²) in [5.74, 6) is 0.851. The van der Waals surface area contributed by atoms with Crippen LogP contribution in [0.5, 0.6) is 23.0 Å². The van der Waals surface area contributed by atoms with E-state index in [1.165, 1.54) is 18.4 Å². The third-order valence-electron chi connectivity index (χ3n) is 4.93. The Kier molecular flexibility index (Phi) is 7.33. The van der Waals surface area contributed by atoms with Crippen molar-refractivity contribution in [2.75, 3.05) is 13.2 Å². The molecule has 9 heteroatoms. The van der Waals surface area contributed by atoms with E-state index in [1.807, 2.05) is 12.1 Å². The minimum atomic E-state index is -0.943. The molecule has 1 atom stereocenters. The van der Waals surface area contributed by atoms with Crippen molar-refractivity contribution in [3.05, 3.63) is 77.8 Å². The molecule has 0 bridgehead atoms. The van der Waals surface area contributed by atoms with Gasteiger partial charge in [0.2, 0.25) is 6.10 Å². The first-order chi connectivity index (χ1) is 17.1. The maximum Gasteiger partial charge on any atom is 0.356 e. The summed E-state index contributed by atoms with van der Waals surface area (Å²) in [4.78, 5) is 25.1. The minimum absolute atomic E-state index is 0.0132. The normalized spacial score (nSPS) is 14.5. The van der Waals surface area contributed by atoms with E-state index in [0.717, 1.165) is 0 Å². The number of amides is 1. The molecule has 178 valence electrons. The van der Waals surface area contributed by atoms with E-state index in [4.69, 9.17) is 23.4 Å². The van der Waals surface area contributed by atoms with Crippen molar-refractivity contribution in [1.29, 1.82) is 5.26 Å². The molecule has 4 rings (SSSR count). The summed E-state index contributed by atoms with van der Waals surface area (Å²) in [6, 6.07) is 17.1. The topological polar surface area (TPSA) is 120 Å². The molecular weight excluding hydrogens is 452 g/mol. The van der Waals surface area contributed by atoms with Gasteiger partial charge in [-0.25, -0.2) is 4.79 Å². The number of furan rings is 1. The number of hydrogen-bond donors (Lipinski definition) is 1. The predicted molar refractivity (Wildman–Crippen MR) is 124 cm³/mol. The lowest BCUT2D eigenvalue weighted by molar-refractivity contribution is -0.144. The number of carbonyl (C=O) groups excluding carboxylic acids is 2. The van der Waals surface area contributed by atoms with Gasteiger partial charge in [-0.05, 0) is 55.0 Å². The second-order valence-corrected chi connectivity index (χ2v) is 7.36. The number of nitrogens with one attached hydrogen (secondary N) is 1. The molecule has 2 aromatic carbocycles. The van der Waals surface area contributed by atoms with E-state index < -0.39 is 18.0 Å². The largest absolute Gasteiger partial charge is 0.490 e. The summed E-state index contributed by atoms with van der Waals surface area (Å²) < 4.78 is 27.6. The molecule has 1 aliphatic rings. The van der Waals surface area contributed by atoms with Gasteiger partial charge in [-0.3, -0.25) is 4.79 Å². The fraction of sp³-hybridized carbons (Fsp3) is 0.192. The van der Waals surface area contributed by atoms with Gasteiger partial charge in [-0.1, -0.05) is 18.2 Å². The van der Waals surface area contributed by atoms with Crippen molar-refractivity contribution in [3.8, 4) is 29.1 Å². The van der Waals surface area contributed by atoms with Crippen LogP contribution in [0.15, 0.2) is 70.9 Å². The Morgan fingerprint density at radius 1 is 1.14 bits per heavy atom. The molecule has 1 aliphatic heterocycles. The van der Waals surface area contributed by atoms with E-state index in [9.17, 15) is 14.9 Å². The van der Waals surface area contributed by atoms with Crippen molar-refractivity contribution in [2.24, 2.45) is 0 Å². The second kappa shape index (κ2) is 10.9. The lowest BCUT2D eigenvalue weighted by Gasteiger charge is -2.25. The first kappa shape index (κ1) is 23.4. The van der Waals surface area contributed by atoms with Crippen molar-refractivity contribution in [2.45, 2.75) is 19.6 Å². The molecule has 2 heterocycles. The van der Waals surface area contributed by atoms with Crippen molar-refractivity contribution < 1.29 is 33.0 Å². The predicted octanol–water partition coefficient (Wildman–Crippen LogP) is 3.65. The number of para-hydroxylation sites is 2. The number of rotatable bonds is 8. The highest BCUT2D eigenvalue weighted by atomic mass is 16.6. The monoisotopic (exact) mass is 474 g/mol. The van der Waals surface area contributed by atoms with E-state index in [-0.39, 0.29) is 30.2 Å². The Morgan fingerprint density at radius 2 is 1.97 bits per heavy atom. The Hall–Kier alpha value is -4.71. The zero-order chi connectivity index (χ0) is 24.6. The summed E-state index contributed by atoms with van der Waals surface area (Å²) in [7, 11) is 0. The molecule has 35 heavy (non-hydrogen) atoms. The molecule has 0 radical (unpaired) electrons. The fourth-order valence-electron chi connectivity index (χ4n) is 3.27. The highest BCUT2D eigenvalue weighted by Crippen LogP contribution is 2.33. The molecule has 0 saturated carbocycles. The molecule has 0 fully saturated rings. The van der Waals surface area contributed by atoms with Crippen LogP contribution < -0.4 is 24.3 Å². The molecule has 0 spiro atoms. The van der Waals surface area contributed by atoms with Gasteiger partial charge < -0.3 is 28.7 Å². The number of fused-ring (bicyclic) bond motifs is 1. The molecular formula is C26H22N2O7. The van der Waals surface area contributed by atoms with Crippen LogP contribution in [0.1, 0.15) is 18.2 Å². The first-order valence-corrected chi connectivity index (χ1v) is 10.9.